The third-order valence-corrected chi connectivity index (χ3v) is 3.41. The van der Waals surface area contributed by atoms with Crippen LogP contribution in [-0.4, -0.2) is 28.2 Å². The number of nitrogens with zero attached hydrogens (tertiary/aromatic N) is 1. The van der Waals surface area contributed by atoms with Gasteiger partial charge in [0.15, 0.2) is 0 Å². The molecule has 112 valence electrons. The number of nitrogens with one attached hydrogen (secondary N) is 3. The molecule has 5 nitrogen and oxygen atoms in total. The van der Waals surface area contributed by atoms with Gasteiger partial charge in [0.1, 0.15) is 0 Å². The maximum atomic E-state index is 12.1. The van der Waals surface area contributed by atoms with E-state index >= 15 is 0 Å². The Morgan fingerprint density at radius 1 is 1.24 bits per heavy atom. The highest BCUT2D eigenvalue weighted by atomic mass is 16.2. The predicted octanol–water partition coefficient (Wildman–Crippen LogP) is 2.08. The van der Waals surface area contributed by atoms with E-state index in [0.29, 0.717) is 6.54 Å². The Morgan fingerprint density at radius 2 is 1.95 bits per heavy atom. The summed E-state index contributed by atoms with van der Waals surface area (Å²) in [4.78, 5) is 12.1. The van der Waals surface area contributed by atoms with Crippen LogP contribution in [-0.2, 0) is 11.3 Å². The molecule has 3 N–H and O–H groups in total. The normalized spacial score (nSPS) is 11.4. The van der Waals surface area contributed by atoms with Gasteiger partial charge in [-0.2, -0.15) is 5.10 Å². The molecule has 1 aromatic heterocycles. The number of carbonyl (C=O) groups excluding carboxylic acids is 1. The molecule has 0 unspecified atom stereocenters. The fourth-order valence-corrected chi connectivity index (χ4v) is 2.14. The second kappa shape index (κ2) is 6.54. The number of likely N-dealkylation sites (N-methyl/N-ethyl adjacent to an activating group) is 1. The van der Waals surface area contributed by atoms with Crippen molar-refractivity contribution in [3.8, 4) is 11.3 Å². The number of rotatable bonds is 6. The van der Waals surface area contributed by atoms with Gasteiger partial charge in [0, 0.05) is 12.7 Å². The summed E-state index contributed by atoms with van der Waals surface area (Å²) < 4.78 is 0. The number of carbonyl (C=O) groups is 1. The summed E-state index contributed by atoms with van der Waals surface area (Å²) in [7, 11) is 0. The largest absolute Gasteiger partial charge is 0.350 e. The number of aromatic amines is 1. The molecule has 0 saturated carbocycles. The third kappa shape index (κ3) is 3.92. The van der Waals surface area contributed by atoms with Crippen LogP contribution in [0.2, 0.25) is 0 Å². The molecule has 0 spiro atoms. The fourth-order valence-electron chi connectivity index (χ4n) is 2.14. The van der Waals surface area contributed by atoms with Gasteiger partial charge in [0.2, 0.25) is 5.91 Å². The molecule has 2 rings (SSSR count). The Hall–Kier alpha value is -2.14. The quantitative estimate of drug-likeness (QED) is 0.761. The Balaban J connectivity index is 1.94. The zero-order valence-corrected chi connectivity index (χ0v) is 12.7. The molecule has 0 fully saturated rings. The smallest absolute Gasteiger partial charge is 0.239 e. The van der Waals surface area contributed by atoms with Crippen LogP contribution >= 0.6 is 0 Å². The molecule has 0 radical (unpaired) electrons. The lowest BCUT2D eigenvalue weighted by molar-refractivity contribution is -0.126. The summed E-state index contributed by atoms with van der Waals surface area (Å²) in [6, 6.07) is 9.98. The lowest BCUT2D eigenvalue weighted by Crippen LogP contribution is -2.52. The van der Waals surface area contributed by atoms with E-state index in [1.807, 2.05) is 51.1 Å². The van der Waals surface area contributed by atoms with Crippen molar-refractivity contribution in [3.05, 3.63) is 42.1 Å². The first kappa shape index (κ1) is 15.3. The molecule has 1 amide bonds. The van der Waals surface area contributed by atoms with Gasteiger partial charge >= 0.3 is 0 Å². The van der Waals surface area contributed by atoms with Gasteiger partial charge in [-0.15, -0.1) is 0 Å². The Morgan fingerprint density at radius 3 is 2.52 bits per heavy atom. The van der Waals surface area contributed by atoms with Crippen LogP contribution in [0.25, 0.3) is 11.3 Å². The van der Waals surface area contributed by atoms with Crippen LogP contribution in [0.5, 0.6) is 0 Å². The highest BCUT2D eigenvalue weighted by molar-refractivity contribution is 5.85. The molecule has 21 heavy (non-hydrogen) atoms. The number of hydrogen-bond donors (Lipinski definition) is 3. The maximum Gasteiger partial charge on any atom is 0.239 e. The van der Waals surface area contributed by atoms with Crippen molar-refractivity contribution in [1.29, 1.82) is 0 Å². The number of hydrogen-bond acceptors (Lipinski definition) is 3. The molecule has 0 saturated heterocycles. The zero-order chi connectivity index (χ0) is 15.3. The first-order chi connectivity index (χ1) is 10.0. The van der Waals surface area contributed by atoms with E-state index in [9.17, 15) is 4.79 Å². The van der Waals surface area contributed by atoms with E-state index in [-0.39, 0.29) is 5.91 Å². The van der Waals surface area contributed by atoms with E-state index in [0.717, 1.165) is 23.4 Å². The van der Waals surface area contributed by atoms with E-state index in [4.69, 9.17) is 0 Å². The van der Waals surface area contributed by atoms with Gasteiger partial charge in [-0.3, -0.25) is 9.89 Å². The summed E-state index contributed by atoms with van der Waals surface area (Å²) in [6.45, 7) is 7.04. The molecular formula is C16H22N4O. The summed E-state index contributed by atoms with van der Waals surface area (Å²) >= 11 is 0. The second-order valence-corrected chi connectivity index (χ2v) is 5.51. The molecule has 2 aromatic rings. The van der Waals surface area contributed by atoms with Crippen molar-refractivity contribution in [1.82, 2.24) is 20.8 Å². The van der Waals surface area contributed by atoms with Crippen LogP contribution in [0.15, 0.2) is 36.5 Å². The molecule has 0 bridgehead atoms. The minimum atomic E-state index is -0.551. The topological polar surface area (TPSA) is 69.8 Å². The molecule has 0 aliphatic heterocycles. The highest BCUT2D eigenvalue weighted by Gasteiger charge is 2.25. The Labute approximate surface area is 125 Å². The van der Waals surface area contributed by atoms with E-state index in [1.54, 1.807) is 6.20 Å². The van der Waals surface area contributed by atoms with Crippen molar-refractivity contribution in [3.63, 3.8) is 0 Å². The standard InChI is InChI=1S/C16H22N4O/c1-4-18-16(2,3)15(21)17-11-12-5-7-13(8-6-12)14-9-10-19-20-14/h5-10,18H,4,11H2,1-3H3,(H,17,21)(H,19,20). The lowest BCUT2D eigenvalue weighted by Gasteiger charge is -2.24. The van der Waals surface area contributed by atoms with Crippen LogP contribution in [0, 0.1) is 0 Å². The number of aromatic nitrogens is 2. The monoisotopic (exact) mass is 286 g/mol. The van der Waals surface area contributed by atoms with E-state index in [1.165, 1.54) is 0 Å². The Kier molecular flexibility index (Phi) is 4.75. The summed E-state index contributed by atoms with van der Waals surface area (Å²) in [5.74, 6) is 0.00185. The van der Waals surface area contributed by atoms with Crippen LogP contribution < -0.4 is 10.6 Å². The fraction of sp³-hybridized carbons (Fsp3) is 0.375. The van der Waals surface area contributed by atoms with Gasteiger partial charge in [-0.25, -0.2) is 0 Å². The van der Waals surface area contributed by atoms with Crippen LogP contribution in [0.3, 0.4) is 0 Å². The second-order valence-electron chi connectivity index (χ2n) is 5.51. The van der Waals surface area contributed by atoms with Gasteiger partial charge in [-0.05, 0) is 37.6 Å². The van der Waals surface area contributed by atoms with E-state index in [2.05, 4.69) is 20.8 Å². The predicted molar refractivity (Wildman–Crippen MR) is 83.6 cm³/mol. The minimum Gasteiger partial charge on any atom is -0.350 e. The van der Waals surface area contributed by atoms with Crippen molar-refractivity contribution in [2.24, 2.45) is 0 Å². The number of H-pyrrole nitrogens is 1. The first-order valence-corrected chi connectivity index (χ1v) is 7.15. The highest BCUT2D eigenvalue weighted by Crippen LogP contribution is 2.16. The molecule has 0 aliphatic carbocycles. The lowest BCUT2D eigenvalue weighted by atomic mass is 10.0. The summed E-state index contributed by atoms with van der Waals surface area (Å²) in [5, 5.41) is 13.0. The van der Waals surface area contributed by atoms with Gasteiger partial charge < -0.3 is 10.6 Å². The molecule has 0 aliphatic rings. The van der Waals surface area contributed by atoms with Gasteiger partial charge in [0.25, 0.3) is 0 Å². The average molecular weight is 286 g/mol. The van der Waals surface area contributed by atoms with Crippen LogP contribution in [0.1, 0.15) is 26.3 Å². The molecular weight excluding hydrogens is 264 g/mol. The first-order valence-electron chi connectivity index (χ1n) is 7.15. The Bertz CT molecular complexity index is 573. The van der Waals surface area contributed by atoms with Crippen molar-refractivity contribution >= 4 is 5.91 Å². The number of benzene rings is 1. The van der Waals surface area contributed by atoms with E-state index < -0.39 is 5.54 Å². The SMILES string of the molecule is CCNC(C)(C)C(=O)NCc1ccc(-c2ccn[nH]2)cc1. The van der Waals surface area contributed by atoms with Crippen molar-refractivity contribution in [2.45, 2.75) is 32.9 Å². The summed E-state index contributed by atoms with van der Waals surface area (Å²) in [5.41, 5.74) is 2.58. The minimum absolute atomic E-state index is 0.00185. The molecule has 0 atom stereocenters. The average Bonchev–Trinajstić information content (AvgIpc) is 2.99. The van der Waals surface area contributed by atoms with Crippen LogP contribution in [0.4, 0.5) is 0 Å². The molecule has 1 aromatic carbocycles. The zero-order valence-electron chi connectivity index (χ0n) is 12.7. The third-order valence-electron chi connectivity index (χ3n) is 3.41. The van der Waals surface area contributed by atoms with Gasteiger partial charge in [-0.1, -0.05) is 31.2 Å². The van der Waals surface area contributed by atoms with Crippen molar-refractivity contribution < 1.29 is 4.79 Å². The van der Waals surface area contributed by atoms with Crippen molar-refractivity contribution in [2.75, 3.05) is 6.54 Å². The summed E-state index contributed by atoms with van der Waals surface area (Å²) in [6.07, 6.45) is 1.73. The molecule has 1 heterocycles. The number of amides is 1. The van der Waals surface area contributed by atoms with Gasteiger partial charge in [0.05, 0.1) is 11.2 Å². The molecule has 5 heteroatoms. The maximum absolute atomic E-state index is 12.1.